The summed E-state index contributed by atoms with van der Waals surface area (Å²) in [5.41, 5.74) is 1.18. The van der Waals surface area contributed by atoms with Gasteiger partial charge in [0.25, 0.3) is 0 Å². The Kier molecular flexibility index (Phi) is 5.84. The number of aromatic nitrogens is 1. The molecule has 3 nitrogen and oxygen atoms in total. The first-order valence-electron chi connectivity index (χ1n) is 8.05. The number of hydrogen-bond acceptors (Lipinski definition) is 3. The minimum absolute atomic E-state index is 0.293. The summed E-state index contributed by atoms with van der Waals surface area (Å²) in [6.45, 7) is 7.72. The van der Waals surface area contributed by atoms with Crippen LogP contribution in [0.2, 0.25) is 0 Å². The average Bonchev–Trinajstić information content (AvgIpc) is 2.48. The standard InChI is InChI=1S/C17H28N2O/c1-4-11-18-14(3)16-6-5-12-19-17(16)20-15-9-7-13(2)8-10-15/h5-6,12-15,18H,4,7-11H2,1-3H3. The molecule has 0 bridgehead atoms. The lowest BCUT2D eigenvalue weighted by molar-refractivity contribution is 0.128. The predicted octanol–water partition coefficient (Wildman–Crippen LogP) is 4.10. The highest BCUT2D eigenvalue weighted by Gasteiger charge is 2.21. The lowest BCUT2D eigenvalue weighted by Gasteiger charge is -2.27. The second-order valence-corrected chi connectivity index (χ2v) is 6.07. The van der Waals surface area contributed by atoms with E-state index in [1.807, 2.05) is 12.3 Å². The molecule has 1 heterocycles. The van der Waals surface area contributed by atoms with Gasteiger partial charge >= 0.3 is 0 Å². The maximum Gasteiger partial charge on any atom is 0.218 e. The van der Waals surface area contributed by atoms with E-state index in [4.69, 9.17) is 4.74 Å². The van der Waals surface area contributed by atoms with E-state index >= 15 is 0 Å². The second-order valence-electron chi connectivity index (χ2n) is 6.07. The maximum absolute atomic E-state index is 6.18. The van der Waals surface area contributed by atoms with Gasteiger partial charge in [-0.05, 0) is 57.6 Å². The Balaban J connectivity index is 2.00. The van der Waals surface area contributed by atoms with E-state index in [1.54, 1.807) is 0 Å². The minimum atomic E-state index is 0.293. The van der Waals surface area contributed by atoms with Crippen LogP contribution in [0, 0.1) is 5.92 Å². The Morgan fingerprint density at radius 2 is 2.10 bits per heavy atom. The lowest BCUT2D eigenvalue weighted by Crippen LogP contribution is -2.25. The normalized spacial score (nSPS) is 24.4. The Bertz CT molecular complexity index is 400. The molecule has 1 atom stereocenters. The number of pyridine rings is 1. The van der Waals surface area contributed by atoms with E-state index in [-0.39, 0.29) is 0 Å². The van der Waals surface area contributed by atoms with Crippen LogP contribution >= 0.6 is 0 Å². The van der Waals surface area contributed by atoms with E-state index in [2.05, 4.69) is 37.1 Å². The van der Waals surface area contributed by atoms with Gasteiger partial charge in [0.1, 0.15) is 6.10 Å². The zero-order chi connectivity index (χ0) is 14.4. The minimum Gasteiger partial charge on any atom is -0.474 e. The van der Waals surface area contributed by atoms with Crippen molar-refractivity contribution in [3.05, 3.63) is 23.9 Å². The first-order valence-corrected chi connectivity index (χ1v) is 8.05. The van der Waals surface area contributed by atoms with Crippen molar-refractivity contribution in [2.45, 2.75) is 65.0 Å². The number of nitrogens with zero attached hydrogens (tertiary/aromatic N) is 1. The molecule has 3 heteroatoms. The van der Waals surface area contributed by atoms with Crippen molar-refractivity contribution in [1.82, 2.24) is 10.3 Å². The van der Waals surface area contributed by atoms with Crippen LogP contribution in [0.25, 0.3) is 0 Å². The second kappa shape index (κ2) is 7.63. The van der Waals surface area contributed by atoms with Gasteiger partial charge in [-0.1, -0.05) is 19.9 Å². The van der Waals surface area contributed by atoms with Crippen molar-refractivity contribution in [2.75, 3.05) is 6.54 Å². The van der Waals surface area contributed by atoms with Gasteiger partial charge in [-0.3, -0.25) is 0 Å². The first kappa shape index (κ1) is 15.3. The van der Waals surface area contributed by atoms with Crippen LogP contribution in [0.3, 0.4) is 0 Å². The zero-order valence-electron chi connectivity index (χ0n) is 13.1. The molecule has 1 aliphatic carbocycles. The largest absolute Gasteiger partial charge is 0.474 e. The third-order valence-corrected chi connectivity index (χ3v) is 4.21. The monoisotopic (exact) mass is 276 g/mol. The summed E-state index contributed by atoms with van der Waals surface area (Å²) in [5, 5.41) is 3.51. The van der Waals surface area contributed by atoms with Gasteiger partial charge in [-0.25, -0.2) is 4.98 Å². The van der Waals surface area contributed by atoms with Crippen LogP contribution in [-0.4, -0.2) is 17.6 Å². The van der Waals surface area contributed by atoms with Crippen LogP contribution in [0.4, 0.5) is 0 Å². The van der Waals surface area contributed by atoms with Gasteiger partial charge in [0.2, 0.25) is 5.88 Å². The number of rotatable bonds is 6. The van der Waals surface area contributed by atoms with E-state index < -0.39 is 0 Å². The van der Waals surface area contributed by atoms with E-state index in [0.717, 1.165) is 37.6 Å². The molecule has 1 aromatic rings. The molecule has 0 spiro atoms. The van der Waals surface area contributed by atoms with Gasteiger partial charge < -0.3 is 10.1 Å². The summed E-state index contributed by atoms with van der Waals surface area (Å²) in [6, 6.07) is 4.41. The summed E-state index contributed by atoms with van der Waals surface area (Å²) in [6.07, 6.45) is 8.19. The Labute approximate surface area is 123 Å². The predicted molar refractivity (Wildman–Crippen MR) is 83.0 cm³/mol. The van der Waals surface area contributed by atoms with Gasteiger partial charge in [0.05, 0.1) is 0 Å². The Morgan fingerprint density at radius 1 is 1.35 bits per heavy atom. The molecule has 0 aromatic carbocycles. The Morgan fingerprint density at radius 3 is 2.80 bits per heavy atom. The van der Waals surface area contributed by atoms with E-state index in [0.29, 0.717) is 12.1 Å². The van der Waals surface area contributed by atoms with Crippen LogP contribution < -0.4 is 10.1 Å². The topological polar surface area (TPSA) is 34.2 Å². The molecule has 1 aliphatic rings. The van der Waals surface area contributed by atoms with Crippen molar-refractivity contribution in [3.8, 4) is 5.88 Å². The van der Waals surface area contributed by atoms with Crippen LogP contribution in [-0.2, 0) is 0 Å². The third kappa shape index (κ3) is 4.20. The first-order chi connectivity index (χ1) is 9.70. The van der Waals surface area contributed by atoms with Crippen molar-refractivity contribution < 1.29 is 4.74 Å². The van der Waals surface area contributed by atoms with Gasteiger partial charge in [0.15, 0.2) is 0 Å². The fraction of sp³-hybridized carbons (Fsp3) is 0.706. The van der Waals surface area contributed by atoms with Gasteiger partial charge in [0, 0.05) is 17.8 Å². The molecule has 0 aliphatic heterocycles. The summed E-state index contributed by atoms with van der Waals surface area (Å²) < 4.78 is 6.18. The summed E-state index contributed by atoms with van der Waals surface area (Å²) >= 11 is 0. The van der Waals surface area contributed by atoms with Crippen LogP contribution in [0.5, 0.6) is 5.88 Å². The summed E-state index contributed by atoms with van der Waals surface area (Å²) in [4.78, 5) is 4.46. The fourth-order valence-corrected chi connectivity index (χ4v) is 2.81. The molecule has 0 radical (unpaired) electrons. The van der Waals surface area contributed by atoms with E-state index in [9.17, 15) is 0 Å². The van der Waals surface area contributed by atoms with Gasteiger partial charge in [-0.2, -0.15) is 0 Å². The lowest BCUT2D eigenvalue weighted by atomic mass is 9.89. The van der Waals surface area contributed by atoms with Crippen molar-refractivity contribution in [3.63, 3.8) is 0 Å². The van der Waals surface area contributed by atoms with E-state index in [1.165, 1.54) is 18.4 Å². The van der Waals surface area contributed by atoms with Crippen LogP contribution in [0.1, 0.15) is 64.5 Å². The highest BCUT2D eigenvalue weighted by Crippen LogP contribution is 2.29. The molecule has 1 saturated carbocycles. The highest BCUT2D eigenvalue weighted by molar-refractivity contribution is 5.28. The molecular formula is C17H28N2O. The molecular weight excluding hydrogens is 248 g/mol. The Hall–Kier alpha value is -1.09. The van der Waals surface area contributed by atoms with Gasteiger partial charge in [-0.15, -0.1) is 0 Å². The maximum atomic E-state index is 6.18. The third-order valence-electron chi connectivity index (χ3n) is 4.21. The number of nitrogens with one attached hydrogen (secondary N) is 1. The highest BCUT2D eigenvalue weighted by atomic mass is 16.5. The van der Waals surface area contributed by atoms with Crippen molar-refractivity contribution in [1.29, 1.82) is 0 Å². The molecule has 1 unspecified atom stereocenters. The molecule has 2 rings (SSSR count). The molecule has 1 fully saturated rings. The number of hydrogen-bond donors (Lipinski definition) is 1. The smallest absolute Gasteiger partial charge is 0.218 e. The molecule has 112 valence electrons. The average molecular weight is 276 g/mol. The van der Waals surface area contributed by atoms with Crippen molar-refractivity contribution >= 4 is 0 Å². The number of ether oxygens (including phenoxy) is 1. The molecule has 0 amide bonds. The molecule has 0 saturated heterocycles. The summed E-state index contributed by atoms with van der Waals surface area (Å²) in [7, 11) is 0. The zero-order valence-corrected chi connectivity index (χ0v) is 13.1. The van der Waals surface area contributed by atoms with Crippen LogP contribution in [0.15, 0.2) is 18.3 Å². The molecule has 1 aromatic heterocycles. The quantitative estimate of drug-likeness (QED) is 0.849. The summed E-state index contributed by atoms with van der Waals surface area (Å²) in [5.74, 6) is 1.67. The fourth-order valence-electron chi connectivity index (χ4n) is 2.81. The van der Waals surface area contributed by atoms with Crippen molar-refractivity contribution in [2.24, 2.45) is 5.92 Å². The SMILES string of the molecule is CCCNC(C)c1cccnc1OC1CCC(C)CC1. The molecule has 20 heavy (non-hydrogen) atoms. The molecule has 1 N–H and O–H groups in total.